The highest BCUT2D eigenvalue weighted by molar-refractivity contribution is 6.30. The first kappa shape index (κ1) is 25.7. The fourth-order valence-corrected chi connectivity index (χ4v) is 5.96. The minimum Gasteiger partial charge on any atom is -0.465 e. The molecule has 1 saturated carbocycles. The minimum absolute atomic E-state index is 0.126. The highest BCUT2D eigenvalue weighted by atomic mass is 35.5. The first-order valence-corrected chi connectivity index (χ1v) is 13.1. The number of hydrogen-bond acceptors (Lipinski definition) is 5. The SMILES string of the molecule is O=C(O)Nc1ccc(C(=O)N[C@@]2(C(=O)N3CCC4(C3)OC(=O)Nc3ccc(Cl)cc34)C[C@H]2c2ccccc2)cc1. The summed E-state index contributed by atoms with van der Waals surface area (Å²) in [6, 6.07) is 20.6. The van der Waals surface area contributed by atoms with Crippen LogP contribution in [0, 0.1) is 0 Å². The first-order chi connectivity index (χ1) is 19.2. The molecule has 2 heterocycles. The fourth-order valence-electron chi connectivity index (χ4n) is 5.79. The number of halogens is 1. The molecule has 3 aromatic carbocycles. The number of benzene rings is 3. The average Bonchev–Trinajstić information content (AvgIpc) is 3.51. The van der Waals surface area contributed by atoms with E-state index in [1.54, 1.807) is 23.1 Å². The van der Waals surface area contributed by atoms with Gasteiger partial charge in [-0.05, 0) is 54.4 Å². The molecule has 3 aliphatic rings. The van der Waals surface area contributed by atoms with Crippen molar-refractivity contribution in [2.45, 2.75) is 29.9 Å². The molecule has 2 fully saturated rings. The van der Waals surface area contributed by atoms with Gasteiger partial charge in [0.25, 0.3) is 5.91 Å². The number of rotatable bonds is 5. The maximum absolute atomic E-state index is 14.2. The molecule has 40 heavy (non-hydrogen) atoms. The van der Waals surface area contributed by atoms with E-state index >= 15 is 0 Å². The largest absolute Gasteiger partial charge is 0.465 e. The van der Waals surface area contributed by atoms with E-state index < -0.39 is 29.2 Å². The highest BCUT2D eigenvalue weighted by Gasteiger charge is 2.64. The molecular weight excluding hydrogens is 536 g/mol. The molecule has 0 radical (unpaired) electrons. The number of likely N-dealkylation sites (tertiary alicyclic amines) is 1. The van der Waals surface area contributed by atoms with Crippen LogP contribution in [0.2, 0.25) is 5.02 Å². The third kappa shape index (κ3) is 4.50. The van der Waals surface area contributed by atoms with Crippen LogP contribution < -0.4 is 16.0 Å². The summed E-state index contributed by atoms with van der Waals surface area (Å²) in [5.41, 5.74) is 0.601. The van der Waals surface area contributed by atoms with Crippen molar-refractivity contribution in [1.29, 1.82) is 0 Å². The molecule has 3 aromatic rings. The topological polar surface area (TPSA) is 137 Å². The Morgan fingerprint density at radius 2 is 1.80 bits per heavy atom. The molecule has 1 unspecified atom stereocenters. The van der Waals surface area contributed by atoms with Crippen LogP contribution in [0.1, 0.15) is 40.2 Å². The van der Waals surface area contributed by atoms with Crippen LogP contribution in [0.25, 0.3) is 0 Å². The lowest BCUT2D eigenvalue weighted by atomic mass is 9.90. The number of carboxylic acid groups (broad SMARTS) is 1. The summed E-state index contributed by atoms with van der Waals surface area (Å²) < 4.78 is 5.79. The summed E-state index contributed by atoms with van der Waals surface area (Å²) >= 11 is 6.26. The monoisotopic (exact) mass is 560 g/mol. The summed E-state index contributed by atoms with van der Waals surface area (Å²) in [5.74, 6) is -0.950. The molecule has 204 valence electrons. The van der Waals surface area contributed by atoms with Crippen molar-refractivity contribution >= 4 is 47.0 Å². The van der Waals surface area contributed by atoms with E-state index in [1.165, 1.54) is 24.3 Å². The zero-order chi connectivity index (χ0) is 28.1. The second kappa shape index (κ2) is 9.56. The van der Waals surface area contributed by atoms with Crippen molar-refractivity contribution in [3.8, 4) is 0 Å². The quantitative estimate of drug-likeness (QED) is 0.354. The van der Waals surface area contributed by atoms with Gasteiger partial charge in [-0.2, -0.15) is 0 Å². The molecule has 4 N–H and O–H groups in total. The van der Waals surface area contributed by atoms with Crippen LogP contribution in [0.4, 0.5) is 21.0 Å². The van der Waals surface area contributed by atoms with Crippen molar-refractivity contribution in [2.24, 2.45) is 0 Å². The lowest BCUT2D eigenvalue weighted by Gasteiger charge is -2.36. The van der Waals surface area contributed by atoms with Gasteiger partial charge in [0.1, 0.15) is 5.54 Å². The van der Waals surface area contributed by atoms with Gasteiger partial charge in [-0.15, -0.1) is 0 Å². The van der Waals surface area contributed by atoms with E-state index in [1.807, 2.05) is 30.3 Å². The summed E-state index contributed by atoms with van der Waals surface area (Å²) in [6.07, 6.45) is -1.01. The first-order valence-electron chi connectivity index (χ1n) is 12.8. The number of amides is 4. The Bertz CT molecular complexity index is 1530. The lowest BCUT2D eigenvalue weighted by Crippen LogP contribution is -2.52. The van der Waals surface area contributed by atoms with Gasteiger partial charge in [-0.25, -0.2) is 9.59 Å². The van der Waals surface area contributed by atoms with Gasteiger partial charge < -0.3 is 20.1 Å². The standard InChI is InChI=1S/C29H25ClN4O6/c30-19-8-11-23-21(14-19)28(40-27(39)32-23)12-13-34(16-28)25(36)29(15-22(29)17-4-2-1-3-5-17)33-24(35)18-6-9-20(10-7-18)31-26(37)38/h1-11,14,22,31H,12-13,15-16H2,(H,32,39)(H,33,35)(H,37,38)/t22-,28?,29-/m0/s1. The summed E-state index contributed by atoms with van der Waals surface area (Å²) in [4.78, 5) is 52.5. The zero-order valence-corrected chi connectivity index (χ0v) is 21.9. The molecule has 4 amide bonds. The maximum atomic E-state index is 14.2. The molecule has 2 aliphatic heterocycles. The molecule has 3 atom stereocenters. The highest BCUT2D eigenvalue weighted by Crippen LogP contribution is 2.54. The average molecular weight is 561 g/mol. The maximum Gasteiger partial charge on any atom is 0.412 e. The molecule has 0 bridgehead atoms. The second-order valence-corrected chi connectivity index (χ2v) is 10.7. The van der Waals surface area contributed by atoms with E-state index in [2.05, 4.69) is 16.0 Å². The van der Waals surface area contributed by atoms with Crippen molar-refractivity contribution in [3.63, 3.8) is 0 Å². The minimum atomic E-state index is -1.21. The van der Waals surface area contributed by atoms with Gasteiger partial charge in [0, 0.05) is 40.7 Å². The molecule has 11 heteroatoms. The van der Waals surface area contributed by atoms with Crippen LogP contribution in [-0.4, -0.2) is 52.6 Å². The van der Waals surface area contributed by atoms with Crippen molar-refractivity contribution in [2.75, 3.05) is 23.7 Å². The fraction of sp³-hybridized carbons (Fsp3) is 0.241. The number of carbonyl (C=O) groups excluding carboxylic acids is 3. The van der Waals surface area contributed by atoms with E-state index in [4.69, 9.17) is 21.4 Å². The van der Waals surface area contributed by atoms with Crippen LogP contribution in [-0.2, 0) is 15.1 Å². The molecule has 10 nitrogen and oxygen atoms in total. The summed E-state index contributed by atoms with van der Waals surface area (Å²) in [6.45, 7) is 0.452. The van der Waals surface area contributed by atoms with Crippen LogP contribution in [0.15, 0.2) is 72.8 Å². The lowest BCUT2D eigenvalue weighted by molar-refractivity contribution is -0.134. The van der Waals surface area contributed by atoms with Gasteiger partial charge >= 0.3 is 12.2 Å². The van der Waals surface area contributed by atoms with Crippen LogP contribution >= 0.6 is 11.6 Å². The number of fused-ring (bicyclic) bond motifs is 2. The Kier molecular flexibility index (Phi) is 6.14. The number of nitrogens with one attached hydrogen (secondary N) is 3. The molecule has 6 rings (SSSR count). The number of hydrogen-bond donors (Lipinski definition) is 4. The van der Waals surface area contributed by atoms with Gasteiger partial charge in [0.15, 0.2) is 5.60 Å². The predicted molar refractivity (Wildman–Crippen MR) is 147 cm³/mol. The third-order valence-electron chi connectivity index (χ3n) is 7.80. The van der Waals surface area contributed by atoms with Gasteiger partial charge in [0.05, 0.1) is 12.2 Å². The predicted octanol–water partition coefficient (Wildman–Crippen LogP) is 4.78. The van der Waals surface area contributed by atoms with Crippen molar-refractivity contribution < 1.29 is 29.0 Å². The zero-order valence-electron chi connectivity index (χ0n) is 21.1. The second-order valence-electron chi connectivity index (χ2n) is 10.3. The van der Waals surface area contributed by atoms with Gasteiger partial charge in [0.2, 0.25) is 5.91 Å². The number of carbonyl (C=O) groups is 4. The van der Waals surface area contributed by atoms with Crippen LogP contribution in [0.3, 0.4) is 0 Å². The molecule has 1 saturated heterocycles. The van der Waals surface area contributed by atoms with Crippen molar-refractivity contribution in [3.05, 3.63) is 94.5 Å². The van der Waals surface area contributed by atoms with E-state index in [0.717, 1.165) is 5.56 Å². The Morgan fingerprint density at radius 3 is 2.52 bits per heavy atom. The Hall–Kier alpha value is -4.57. The van der Waals surface area contributed by atoms with E-state index in [9.17, 15) is 19.2 Å². The molecule has 1 spiro atoms. The Morgan fingerprint density at radius 1 is 1.05 bits per heavy atom. The van der Waals surface area contributed by atoms with Crippen molar-refractivity contribution in [1.82, 2.24) is 10.2 Å². The van der Waals surface area contributed by atoms with E-state index in [-0.39, 0.29) is 23.9 Å². The van der Waals surface area contributed by atoms with E-state index in [0.29, 0.717) is 41.3 Å². The molecule has 0 aromatic heterocycles. The molecular formula is C29H25ClN4O6. The summed E-state index contributed by atoms with van der Waals surface area (Å²) in [7, 11) is 0. The number of ether oxygens (including phenoxy) is 1. The smallest absolute Gasteiger partial charge is 0.412 e. The Balaban J connectivity index is 1.28. The van der Waals surface area contributed by atoms with Gasteiger partial charge in [-0.3, -0.25) is 20.2 Å². The third-order valence-corrected chi connectivity index (χ3v) is 8.03. The number of nitrogens with zero attached hydrogens (tertiary/aromatic N) is 1. The van der Waals surface area contributed by atoms with Crippen LogP contribution in [0.5, 0.6) is 0 Å². The normalized spacial score (nSPS) is 24.5. The summed E-state index contributed by atoms with van der Waals surface area (Å²) in [5, 5.41) is 17.3. The number of anilines is 2. The van der Waals surface area contributed by atoms with Gasteiger partial charge in [-0.1, -0.05) is 41.9 Å². The molecule has 1 aliphatic carbocycles. The Labute approximate surface area is 234 Å².